The fourth-order valence-electron chi connectivity index (χ4n) is 6.02. The third-order valence-electron chi connectivity index (χ3n) is 9.52. The second-order valence-corrected chi connectivity index (χ2v) is 14.7. The highest BCUT2D eigenvalue weighted by Gasteiger charge is 2.27. The van der Waals surface area contributed by atoms with Crippen LogP contribution >= 0.6 is 0 Å². The van der Waals surface area contributed by atoms with Gasteiger partial charge in [-0.2, -0.15) is 0 Å². The van der Waals surface area contributed by atoms with E-state index in [4.69, 9.17) is 43.4 Å². The van der Waals surface area contributed by atoms with Gasteiger partial charge in [0.2, 0.25) is 17.7 Å². The van der Waals surface area contributed by atoms with Crippen LogP contribution in [0.25, 0.3) is 10.4 Å². The maximum Gasteiger partial charge on any atom is 0.246 e. The van der Waals surface area contributed by atoms with E-state index in [-0.39, 0.29) is 23.6 Å². The van der Waals surface area contributed by atoms with Crippen LogP contribution in [-0.4, -0.2) is 167 Å². The second kappa shape index (κ2) is 35.2. The first kappa shape index (κ1) is 52.7. The lowest BCUT2D eigenvalue weighted by atomic mass is 9.91. The third kappa shape index (κ3) is 27.4. The lowest BCUT2D eigenvalue weighted by Crippen LogP contribution is -2.53. The van der Waals surface area contributed by atoms with Crippen LogP contribution in [0.3, 0.4) is 0 Å². The Morgan fingerprint density at radius 2 is 1.18 bits per heavy atom. The highest BCUT2D eigenvalue weighted by Crippen LogP contribution is 2.22. The molecule has 1 aliphatic rings. The number of nitrogens with zero attached hydrogens (tertiary/aromatic N) is 4. The molecular weight excluding hydrogens is 778 g/mol. The van der Waals surface area contributed by atoms with Crippen molar-refractivity contribution in [1.82, 2.24) is 15.5 Å². The van der Waals surface area contributed by atoms with Crippen molar-refractivity contribution in [2.75, 3.05) is 137 Å². The highest BCUT2D eigenvalue weighted by molar-refractivity contribution is 5.98. The molecule has 1 aliphatic heterocycles. The highest BCUT2D eigenvalue weighted by atomic mass is 16.6. The molecule has 2 rings (SSSR count). The first-order valence-electron chi connectivity index (χ1n) is 21.4. The Hall–Kier alpha value is -3.42. The predicted molar refractivity (Wildman–Crippen MR) is 227 cm³/mol. The molecule has 0 unspecified atom stereocenters. The first-order valence-corrected chi connectivity index (χ1v) is 21.4. The molecule has 341 valence electrons. The van der Waals surface area contributed by atoms with Crippen LogP contribution in [0, 0.1) is 18.8 Å². The number of ether oxygens (including phenoxy) is 8. The number of amides is 3. The van der Waals surface area contributed by atoms with Crippen molar-refractivity contribution in [2.24, 2.45) is 17.0 Å². The summed E-state index contributed by atoms with van der Waals surface area (Å²) in [6.45, 7) is 20.3. The summed E-state index contributed by atoms with van der Waals surface area (Å²) in [7, 11) is 0. The topological polar surface area (TPSA) is 213 Å². The number of carbonyl (C=O) groups is 3. The number of hydrogen-bond donors (Lipinski definition) is 3. The molecule has 0 bridgehead atoms. The van der Waals surface area contributed by atoms with E-state index in [1.54, 1.807) is 31.2 Å². The van der Waals surface area contributed by atoms with E-state index in [1.165, 1.54) is 0 Å². The summed E-state index contributed by atoms with van der Waals surface area (Å²) in [4.78, 5) is 43.5. The largest absolute Gasteiger partial charge is 0.379 e. The Kier molecular flexibility index (Phi) is 30.9. The Balaban J connectivity index is 1.34. The summed E-state index contributed by atoms with van der Waals surface area (Å²) in [5.74, 6) is -0.420. The molecule has 1 fully saturated rings. The smallest absolute Gasteiger partial charge is 0.246 e. The predicted octanol–water partition coefficient (Wildman–Crippen LogP) is 3.78. The minimum Gasteiger partial charge on any atom is -0.379 e. The molecule has 1 radical (unpaired) electrons. The molecule has 0 saturated carbocycles. The van der Waals surface area contributed by atoms with Gasteiger partial charge in [-0.15, -0.1) is 0 Å². The van der Waals surface area contributed by atoms with E-state index in [2.05, 4.69) is 37.8 Å². The van der Waals surface area contributed by atoms with Crippen molar-refractivity contribution in [3.63, 3.8) is 0 Å². The van der Waals surface area contributed by atoms with E-state index < -0.39 is 12.1 Å². The van der Waals surface area contributed by atoms with Crippen LogP contribution in [0.2, 0.25) is 0 Å². The summed E-state index contributed by atoms with van der Waals surface area (Å²) >= 11 is 0. The summed E-state index contributed by atoms with van der Waals surface area (Å²) in [5, 5.41) is 11.8. The van der Waals surface area contributed by atoms with Crippen LogP contribution in [-0.2, 0) is 52.3 Å². The monoisotopic (exact) mass is 851 g/mol. The van der Waals surface area contributed by atoms with Gasteiger partial charge in [-0.1, -0.05) is 31.1 Å². The third-order valence-corrected chi connectivity index (χ3v) is 9.52. The number of anilines is 1. The van der Waals surface area contributed by atoms with Crippen molar-refractivity contribution in [1.29, 1.82) is 0 Å². The van der Waals surface area contributed by atoms with Crippen molar-refractivity contribution in [3.05, 3.63) is 47.2 Å². The summed E-state index contributed by atoms with van der Waals surface area (Å²) in [6.07, 6.45) is 4.29. The Morgan fingerprint density at radius 3 is 1.65 bits per heavy atom. The van der Waals surface area contributed by atoms with E-state index >= 15 is 0 Å². The molecule has 3 N–H and O–H groups in total. The molecule has 1 saturated heterocycles. The number of likely N-dealkylation sites (tertiary alicyclic amines) is 1. The van der Waals surface area contributed by atoms with E-state index in [9.17, 15) is 14.4 Å². The molecule has 0 aliphatic carbocycles. The SMILES string of the molecule is [CH2]c1ccc(NC(=O)[C@H](C)NC(=O)[C@@H](NC(=O)CCCC2CCN(CCOCCOCCOCCOCCOCCOCCOCCOCCN=[N+]=[N-])CC2)C(C)C)cc1. The minimum atomic E-state index is -0.770. The Bertz CT molecular complexity index is 1310. The van der Waals surface area contributed by atoms with Gasteiger partial charge < -0.3 is 58.7 Å². The maximum atomic E-state index is 13.0. The average Bonchev–Trinajstić information content (AvgIpc) is 3.23. The second-order valence-electron chi connectivity index (χ2n) is 14.7. The van der Waals surface area contributed by atoms with Crippen LogP contribution in [0.15, 0.2) is 29.4 Å². The lowest BCUT2D eigenvalue weighted by molar-refractivity contribution is -0.131. The van der Waals surface area contributed by atoms with Gasteiger partial charge in [-0.3, -0.25) is 14.4 Å². The molecule has 1 heterocycles. The van der Waals surface area contributed by atoms with E-state index in [0.717, 1.165) is 50.9 Å². The molecular formula is C42H72N7O11. The van der Waals surface area contributed by atoms with Gasteiger partial charge in [0.15, 0.2) is 0 Å². The fourth-order valence-corrected chi connectivity index (χ4v) is 6.02. The molecule has 0 aromatic heterocycles. The van der Waals surface area contributed by atoms with E-state index in [1.807, 2.05) is 13.8 Å². The first-order chi connectivity index (χ1) is 29.2. The fraction of sp³-hybridized carbons (Fsp3) is 0.762. The quantitative estimate of drug-likeness (QED) is 0.0378. The van der Waals surface area contributed by atoms with Gasteiger partial charge in [0.25, 0.3) is 0 Å². The summed E-state index contributed by atoms with van der Waals surface area (Å²) in [6, 6.07) is 5.61. The number of hydrogen-bond acceptors (Lipinski definition) is 13. The summed E-state index contributed by atoms with van der Waals surface area (Å²) in [5.41, 5.74) is 9.63. The maximum absolute atomic E-state index is 13.0. The molecule has 60 heavy (non-hydrogen) atoms. The number of carbonyl (C=O) groups excluding carboxylic acids is 3. The molecule has 0 spiro atoms. The molecule has 1 aromatic rings. The van der Waals surface area contributed by atoms with Gasteiger partial charge in [0.1, 0.15) is 12.1 Å². The van der Waals surface area contributed by atoms with Crippen LogP contribution < -0.4 is 16.0 Å². The van der Waals surface area contributed by atoms with Crippen molar-refractivity contribution in [2.45, 2.75) is 65.0 Å². The lowest BCUT2D eigenvalue weighted by Gasteiger charge is -2.31. The Morgan fingerprint density at radius 1 is 0.717 bits per heavy atom. The zero-order chi connectivity index (χ0) is 43.5. The zero-order valence-electron chi connectivity index (χ0n) is 36.3. The van der Waals surface area contributed by atoms with Crippen LogP contribution in [0.1, 0.15) is 58.4 Å². The average molecular weight is 851 g/mol. The van der Waals surface area contributed by atoms with Crippen molar-refractivity contribution < 1.29 is 52.3 Å². The van der Waals surface area contributed by atoms with Gasteiger partial charge >= 0.3 is 0 Å². The number of benzene rings is 1. The number of rotatable bonds is 37. The molecule has 1 aromatic carbocycles. The van der Waals surface area contributed by atoms with Gasteiger partial charge in [0.05, 0.1) is 106 Å². The standard InChI is InChI=1S/C42H72N7O11/c1-34(2)40(42(52)45-36(4)41(51)46-38-10-8-35(3)9-11-38)47-39(50)7-5-6-37-12-15-49(16-13-37)17-19-54-21-23-56-25-27-58-29-31-60-33-32-59-30-28-57-26-24-55-22-20-53-18-14-44-48-43/h8-11,34,36-37,40H,3,5-7,12-33H2,1-2,4H3,(H,45,52)(H,46,51)(H,47,50)/t36-,40-/m0/s1. The Labute approximate surface area is 356 Å². The van der Waals surface area contributed by atoms with Gasteiger partial charge in [0, 0.05) is 30.1 Å². The number of nitrogens with one attached hydrogen (secondary N) is 3. The van der Waals surface area contributed by atoms with Gasteiger partial charge in [-0.25, -0.2) is 0 Å². The van der Waals surface area contributed by atoms with E-state index in [0.29, 0.717) is 130 Å². The number of azide groups is 1. The normalized spacial score (nSPS) is 14.4. The zero-order valence-corrected chi connectivity index (χ0v) is 36.3. The molecule has 18 nitrogen and oxygen atoms in total. The van der Waals surface area contributed by atoms with Crippen LogP contribution in [0.4, 0.5) is 5.69 Å². The number of piperidine rings is 1. The molecule has 3 amide bonds. The molecule has 18 heteroatoms. The van der Waals surface area contributed by atoms with Crippen molar-refractivity contribution >= 4 is 23.4 Å². The summed E-state index contributed by atoms with van der Waals surface area (Å²) < 4.78 is 43.9. The van der Waals surface area contributed by atoms with Crippen molar-refractivity contribution in [3.8, 4) is 0 Å². The van der Waals surface area contributed by atoms with Crippen LogP contribution in [0.5, 0.6) is 0 Å². The minimum absolute atomic E-state index is 0.136. The van der Waals surface area contributed by atoms with Gasteiger partial charge in [-0.05, 0) is 87.7 Å². The molecule has 2 atom stereocenters.